The molecule has 0 unspecified atom stereocenters. The summed E-state index contributed by atoms with van der Waals surface area (Å²) < 4.78 is 14.4. The van der Waals surface area contributed by atoms with Crippen LogP contribution in [0.4, 0.5) is 10.1 Å². The number of nitrogens with one attached hydrogen (secondary N) is 1. The number of hydrogen-bond acceptors (Lipinski definition) is 1. The summed E-state index contributed by atoms with van der Waals surface area (Å²) in [6.45, 7) is 0. The molecule has 0 amide bonds. The van der Waals surface area contributed by atoms with Crippen LogP contribution in [0.3, 0.4) is 0 Å². The van der Waals surface area contributed by atoms with Crippen molar-refractivity contribution in [1.82, 2.24) is 0 Å². The Kier molecular flexibility index (Phi) is 3.79. The van der Waals surface area contributed by atoms with Gasteiger partial charge in [-0.2, -0.15) is 0 Å². The minimum Gasteiger partial charge on any atom is -0.376 e. The molecule has 5 heteroatoms. The zero-order chi connectivity index (χ0) is 16.1. The molecule has 3 atom stereocenters. The van der Waals surface area contributed by atoms with E-state index >= 15 is 0 Å². The Bertz CT molecular complexity index is 798. The number of hydrogen-bond donors (Lipinski definition) is 1. The van der Waals surface area contributed by atoms with Crippen molar-refractivity contribution in [3.63, 3.8) is 0 Å². The number of halogens is 4. The van der Waals surface area contributed by atoms with Gasteiger partial charge in [-0.05, 0) is 36.6 Å². The fourth-order valence-electron chi connectivity index (χ4n) is 3.72. The molecule has 0 fully saturated rings. The molecule has 2 aliphatic rings. The summed E-state index contributed by atoms with van der Waals surface area (Å²) in [4.78, 5) is 0. The molecule has 0 spiro atoms. The van der Waals surface area contributed by atoms with Crippen molar-refractivity contribution >= 4 is 40.5 Å². The maximum absolute atomic E-state index is 14.4. The lowest BCUT2D eigenvalue weighted by Gasteiger charge is -2.38. The topological polar surface area (TPSA) is 12.0 Å². The van der Waals surface area contributed by atoms with Crippen LogP contribution in [0.1, 0.15) is 29.5 Å². The van der Waals surface area contributed by atoms with Crippen molar-refractivity contribution in [2.24, 2.45) is 5.92 Å². The largest absolute Gasteiger partial charge is 0.376 e. The van der Waals surface area contributed by atoms with Crippen LogP contribution in [0.2, 0.25) is 15.1 Å². The zero-order valence-electron chi connectivity index (χ0n) is 12.0. The van der Waals surface area contributed by atoms with E-state index < -0.39 is 0 Å². The lowest BCUT2D eigenvalue weighted by atomic mass is 9.77. The molecule has 0 aromatic heterocycles. The van der Waals surface area contributed by atoms with E-state index in [1.54, 1.807) is 18.2 Å². The lowest BCUT2D eigenvalue weighted by Crippen LogP contribution is -2.30. The Morgan fingerprint density at radius 2 is 1.70 bits per heavy atom. The van der Waals surface area contributed by atoms with E-state index in [-0.39, 0.29) is 23.7 Å². The van der Waals surface area contributed by atoms with Crippen LogP contribution < -0.4 is 5.32 Å². The fraction of sp³-hybridized carbons (Fsp3) is 0.222. The van der Waals surface area contributed by atoms with Crippen LogP contribution in [0, 0.1) is 11.7 Å². The molecule has 1 heterocycles. The van der Waals surface area contributed by atoms with Crippen LogP contribution in [-0.2, 0) is 0 Å². The van der Waals surface area contributed by atoms with Crippen LogP contribution in [0.25, 0.3) is 0 Å². The molecule has 4 rings (SSSR count). The number of allylic oxidation sites excluding steroid dienone is 2. The second kappa shape index (κ2) is 5.70. The average Bonchev–Trinajstić information content (AvgIpc) is 3.00. The Balaban J connectivity index is 1.90. The predicted molar refractivity (Wildman–Crippen MR) is 94.2 cm³/mol. The van der Waals surface area contributed by atoms with Gasteiger partial charge in [0.1, 0.15) is 5.82 Å². The van der Waals surface area contributed by atoms with E-state index in [4.69, 9.17) is 34.8 Å². The van der Waals surface area contributed by atoms with Crippen LogP contribution in [-0.4, -0.2) is 0 Å². The van der Waals surface area contributed by atoms with Gasteiger partial charge in [0.15, 0.2) is 0 Å². The second-order valence-electron chi connectivity index (χ2n) is 5.93. The first-order chi connectivity index (χ1) is 11.1. The van der Waals surface area contributed by atoms with E-state index in [9.17, 15) is 4.39 Å². The highest BCUT2D eigenvalue weighted by atomic mass is 35.5. The van der Waals surface area contributed by atoms with Crippen LogP contribution in [0.5, 0.6) is 0 Å². The molecule has 1 nitrogen and oxygen atoms in total. The van der Waals surface area contributed by atoms with Crippen molar-refractivity contribution in [3.8, 4) is 0 Å². The smallest absolute Gasteiger partial charge is 0.129 e. The molecule has 2 aromatic rings. The predicted octanol–water partition coefficient (Wildman–Crippen LogP) is 6.61. The number of rotatable bonds is 1. The molecule has 2 aromatic carbocycles. The molecule has 118 valence electrons. The molecule has 1 aliphatic heterocycles. The summed E-state index contributed by atoms with van der Waals surface area (Å²) in [6, 6.07) is 8.10. The molecular weight excluding hydrogens is 356 g/mol. The van der Waals surface area contributed by atoms with Gasteiger partial charge in [-0.1, -0.05) is 53.0 Å². The molecule has 0 saturated carbocycles. The minimum atomic E-state index is -0.303. The van der Waals surface area contributed by atoms with E-state index in [0.29, 0.717) is 20.6 Å². The van der Waals surface area contributed by atoms with Gasteiger partial charge in [0.25, 0.3) is 0 Å². The Morgan fingerprint density at radius 1 is 0.957 bits per heavy atom. The third kappa shape index (κ3) is 2.36. The van der Waals surface area contributed by atoms with Crippen molar-refractivity contribution in [3.05, 3.63) is 74.5 Å². The Hall–Kier alpha value is -1.22. The van der Waals surface area contributed by atoms with Crippen molar-refractivity contribution in [2.75, 3.05) is 5.32 Å². The molecule has 23 heavy (non-hydrogen) atoms. The summed E-state index contributed by atoms with van der Waals surface area (Å²) in [7, 11) is 0. The fourth-order valence-corrected chi connectivity index (χ4v) is 4.51. The molecule has 0 radical (unpaired) electrons. The monoisotopic (exact) mass is 367 g/mol. The first-order valence-corrected chi connectivity index (χ1v) is 8.56. The third-order valence-corrected chi connectivity index (χ3v) is 5.70. The molecule has 1 aliphatic carbocycles. The summed E-state index contributed by atoms with van der Waals surface area (Å²) >= 11 is 19.1. The van der Waals surface area contributed by atoms with Gasteiger partial charge < -0.3 is 5.32 Å². The highest BCUT2D eigenvalue weighted by Crippen LogP contribution is 2.54. The van der Waals surface area contributed by atoms with Crippen molar-refractivity contribution in [2.45, 2.75) is 18.4 Å². The summed E-state index contributed by atoms with van der Waals surface area (Å²) in [5.41, 5.74) is 2.26. The van der Waals surface area contributed by atoms with E-state index in [1.807, 2.05) is 6.07 Å². The number of benzene rings is 2. The first kappa shape index (κ1) is 15.3. The lowest BCUT2D eigenvalue weighted by molar-refractivity contribution is 0.413. The van der Waals surface area contributed by atoms with Gasteiger partial charge in [-0.15, -0.1) is 0 Å². The quantitative estimate of drug-likeness (QED) is 0.558. The Labute approximate surface area is 149 Å². The van der Waals surface area contributed by atoms with E-state index in [0.717, 1.165) is 17.7 Å². The summed E-state index contributed by atoms with van der Waals surface area (Å²) in [5.74, 6) is -0.0340. The molecule has 1 N–H and O–H groups in total. The summed E-state index contributed by atoms with van der Waals surface area (Å²) in [6.07, 6.45) is 5.09. The zero-order valence-corrected chi connectivity index (χ0v) is 14.3. The standard InChI is InChI=1S/C18H13Cl3FN/c19-11-5-2-6-14(22)16(11)17-10-4-1-3-9(10)15-12(20)7-8-13(21)18(15)23-17/h1-3,5-10,17,23H,4H2/t9-,10+,17-/m1/s1. The maximum Gasteiger partial charge on any atom is 0.129 e. The van der Waals surface area contributed by atoms with Gasteiger partial charge >= 0.3 is 0 Å². The van der Waals surface area contributed by atoms with Gasteiger partial charge in [-0.3, -0.25) is 0 Å². The van der Waals surface area contributed by atoms with Gasteiger partial charge in [0, 0.05) is 27.1 Å². The van der Waals surface area contributed by atoms with Gasteiger partial charge in [0.05, 0.1) is 16.8 Å². The molecule has 0 bridgehead atoms. The average molecular weight is 369 g/mol. The minimum absolute atomic E-state index is 0.109. The van der Waals surface area contributed by atoms with Gasteiger partial charge in [-0.25, -0.2) is 4.39 Å². The molecule has 0 saturated heterocycles. The van der Waals surface area contributed by atoms with Gasteiger partial charge in [0.2, 0.25) is 0 Å². The van der Waals surface area contributed by atoms with Crippen LogP contribution in [0.15, 0.2) is 42.5 Å². The van der Waals surface area contributed by atoms with E-state index in [1.165, 1.54) is 6.07 Å². The molecular formula is C18H13Cl3FN. The highest BCUT2D eigenvalue weighted by molar-refractivity contribution is 6.36. The second-order valence-corrected chi connectivity index (χ2v) is 7.15. The summed E-state index contributed by atoms with van der Waals surface area (Å²) in [5, 5.41) is 5.08. The SMILES string of the molecule is Fc1cccc(Cl)c1[C@@H]1Nc2c(Cl)ccc(Cl)c2[C@@H]2C=CC[C@@H]21. The number of fused-ring (bicyclic) bond motifs is 3. The first-order valence-electron chi connectivity index (χ1n) is 7.43. The number of anilines is 1. The highest BCUT2D eigenvalue weighted by Gasteiger charge is 2.41. The van der Waals surface area contributed by atoms with Crippen LogP contribution >= 0.6 is 34.8 Å². The Morgan fingerprint density at radius 3 is 2.48 bits per heavy atom. The van der Waals surface area contributed by atoms with E-state index in [2.05, 4.69) is 17.5 Å². The third-order valence-electron chi connectivity index (χ3n) is 4.73. The normalized spacial score (nSPS) is 25.0. The van der Waals surface area contributed by atoms with Crippen molar-refractivity contribution in [1.29, 1.82) is 0 Å². The van der Waals surface area contributed by atoms with Crippen molar-refractivity contribution < 1.29 is 4.39 Å². The maximum atomic E-state index is 14.4.